The predicted molar refractivity (Wildman–Crippen MR) is 160 cm³/mol. The average molecular weight is 654 g/mol. The zero-order chi connectivity index (χ0) is 32.4. The molecule has 0 spiro atoms. The van der Waals surface area contributed by atoms with Crippen LogP contribution in [0.3, 0.4) is 0 Å². The van der Waals surface area contributed by atoms with E-state index in [-0.39, 0.29) is 47.6 Å². The second kappa shape index (κ2) is 13.6. The molecule has 2 aromatic rings. The third-order valence-corrected chi connectivity index (χ3v) is 8.96. The lowest BCUT2D eigenvalue weighted by atomic mass is 9.95. The van der Waals surface area contributed by atoms with E-state index >= 15 is 0 Å². The number of alkyl carbamates (subject to hydrolysis) is 1. The van der Waals surface area contributed by atoms with Gasteiger partial charge in [0.05, 0.1) is 35.9 Å². The van der Waals surface area contributed by atoms with E-state index < -0.39 is 29.7 Å². The maximum atomic E-state index is 13.8. The molecule has 4 heterocycles. The Bertz CT molecular complexity index is 1440. The van der Waals surface area contributed by atoms with Gasteiger partial charge in [-0.15, -0.1) is 24.9 Å². The summed E-state index contributed by atoms with van der Waals surface area (Å²) in [6.45, 7) is 6.34. The van der Waals surface area contributed by atoms with Crippen LogP contribution in [0.2, 0.25) is 0 Å². The number of amides is 2. The lowest BCUT2D eigenvalue weighted by Gasteiger charge is -2.36. The van der Waals surface area contributed by atoms with E-state index in [9.17, 15) is 27.6 Å². The monoisotopic (exact) mass is 653 g/mol. The maximum absolute atomic E-state index is 13.8. The number of ether oxygens (including phenoxy) is 4. The van der Waals surface area contributed by atoms with Gasteiger partial charge < -0.3 is 34.1 Å². The summed E-state index contributed by atoms with van der Waals surface area (Å²) in [7, 11) is 0. The molecule has 2 fully saturated rings. The molecule has 4 atom stereocenters. The van der Waals surface area contributed by atoms with Gasteiger partial charge in [0.25, 0.3) is 11.5 Å². The standard InChI is InChI=1S/C31H38F3N3O7S/c1-30(2,3)44-29(40)36-22-17-45-26-21(27(38)35-19-11-13-42-24(14-19)23-6-4-5-12-41-23)16-37(28(39)25(22)26)15-18-7-9-20(10-8-18)43-31(32,33)34/h7-10,16,19,22-24H,4-6,11-15,17H2,1-3H3,(H,35,38)(H,36,40)/t19?,22-,23?,24?/m0/s1. The Morgan fingerprint density at radius 3 is 2.42 bits per heavy atom. The van der Waals surface area contributed by atoms with Crippen molar-refractivity contribution in [3.8, 4) is 5.75 Å². The van der Waals surface area contributed by atoms with Crippen molar-refractivity contribution in [3.05, 3.63) is 57.5 Å². The molecule has 2 N–H and O–H groups in total. The first-order chi connectivity index (χ1) is 21.3. The molecule has 0 radical (unpaired) electrons. The number of alkyl halides is 3. The molecule has 1 aromatic carbocycles. The number of carbonyl (C=O) groups excluding carboxylic acids is 2. The highest BCUT2D eigenvalue weighted by Crippen LogP contribution is 2.39. The molecule has 0 aliphatic carbocycles. The maximum Gasteiger partial charge on any atom is 0.573 e. The van der Waals surface area contributed by atoms with Gasteiger partial charge in [0.15, 0.2) is 0 Å². The van der Waals surface area contributed by atoms with Crippen molar-refractivity contribution < 1.29 is 41.7 Å². The summed E-state index contributed by atoms with van der Waals surface area (Å²) in [4.78, 5) is 40.7. The summed E-state index contributed by atoms with van der Waals surface area (Å²) in [5.74, 6) is -0.441. The molecule has 3 aliphatic rings. The number of hydrogen-bond donors (Lipinski definition) is 2. The normalized spacial score (nSPS) is 23.6. The number of nitrogens with one attached hydrogen (secondary N) is 2. The van der Waals surface area contributed by atoms with Gasteiger partial charge in [-0.3, -0.25) is 9.59 Å². The van der Waals surface area contributed by atoms with Crippen molar-refractivity contribution in [1.29, 1.82) is 0 Å². The molecule has 14 heteroatoms. The topological polar surface area (TPSA) is 117 Å². The first-order valence-corrected chi connectivity index (χ1v) is 16.0. The van der Waals surface area contributed by atoms with E-state index in [1.807, 2.05) is 0 Å². The molecular formula is C31H38F3N3O7S. The van der Waals surface area contributed by atoms with Crippen LogP contribution in [-0.4, -0.2) is 65.7 Å². The molecule has 3 aliphatic heterocycles. The number of aromatic nitrogens is 1. The molecule has 1 aromatic heterocycles. The molecule has 10 nitrogen and oxygen atoms in total. The second-order valence-corrected chi connectivity index (χ2v) is 13.5. The van der Waals surface area contributed by atoms with E-state index in [1.165, 1.54) is 34.7 Å². The number of fused-ring (bicyclic) bond motifs is 1. The summed E-state index contributed by atoms with van der Waals surface area (Å²) in [6, 6.07) is 4.28. The van der Waals surface area contributed by atoms with Crippen molar-refractivity contribution in [3.63, 3.8) is 0 Å². The molecule has 5 rings (SSSR count). The summed E-state index contributed by atoms with van der Waals surface area (Å²) in [5.41, 5.74) is -0.135. The number of carbonyl (C=O) groups is 2. The third kappa shape index (κ3) is 8.73. The number of thioether (sulfide) groups is 1. The smallest absolute Gasteiger partial charge is 0.444 e. The molecule has 3 unspecified atom stereocenters. The van der Waals surface area contributed by atoms with E-state index in [4.69, 9.17) is 14.2 Å². The zero-order valence-electron chi connectivity index (χ0n) is 25.4. The summed E-state index contributed by atoms with van der Waals surface area (Å²) in [5, 5.41) is 5.88. The number of halogens is 3. The summed E-state index contributed by atoms with van der Waals surface area (Å²) < 4.78 is 60.5. The summed E-state index contributed by atoms with van der Waals surface area (Å²) >= 11 is 1.30. The van der Waals surface area contributed by atoms with Crippen LogP contribution in [0.5, 0.6) is 5.75 Å². The van der Waals surface area contributed by atoms with Crippen molar-refractivity contribution in [2.24, 2.45) is 0 Å². The van der Waals surface area contributed by atoms with Crippen LogP contribution in [-0.2, 0) is 20.8 Å². The minimum atomic E-state index is -4.83. The number of rotatable bonds is 7. The Morgan fingerprint density at radius 1 is 1.02 bits per heavy atom. The third-order valence-electron chi connectivity index (χ3n) is 7.73. The van der Waals surface area contributed by atoms with Crippen LogP contribution in [0.15, 0.2) is 40.2 Å². The lowest BCUT2D eigenvalue weighted by molar-refractivity contribution is -0.274. The largest absolute Gasteiger partial charge is 0.573 e. The van der Waals surface area contributed by atoms with Gasteiger partial charge in [0.1, 0.15) is 11.4 Å². The molecule has 246 valence electrons. The fourth-order valence-electron chi connectivity index (χ4n) is 5.76. The highest BCUT2D eigenvalue weighted by atomic mass is 32.2. The van der Waals surface area contributed by atoms with Gasteiger partial charge in [-0.2, -0.15) is 0 Å². The van der Waals surface area contributed by atoms with Gasteiger partial charge in [-0.1, -0.05) is 12.1 Å². The lowest BCUT2D eigenvalue weighted by Crippen LogP contribution is -2.47. The van der Waals surface area contributed by atoms with Gasteiger partial charge in [0, 0.05) is 36.1 Å². The molecule has 0 saturated carbocycles. The van der Waals surface area contributed by atoms with Crippen molar-refractivity contribution >= 4 is 23.8 Å². The number of benzene rings is 1. The van der Waals surface area contributed by atoms with Gasteiger partial charge in [-0.25, -0.2) is 4.79 Å². The first kappa shape index (κ1) is 33.1. The van der Waals surface area contributed by atoms with Gasteiger partial charge in [-0.05, 0) is 70.6 Å². The van der Waals surface area contributed by atoms with E-state index in [0.29, 0.717) is 42.3 Å². The van der Waals surface area contributed by atoms with E-state index in [1.54, 1.807) is 20.8 Å². The van der Waals surface area contributed by atoms with Crippen LogP contribution in [0, 0.1) is 0 Å². The fraction of sp³-hybridized carbons (Fsp3) is 0.581. The molecule has 45 heavy (non-hydrogen) atoms. The molecular weight excluding hydrogens is 615 g/mol. The Morgan fingerprint density at radius 2 is 1.76 bits per heavy atom. The van der Waals surface area contributed by atoms with Gasteiger partial charge in [0.2, 0.25) is 0 Å². The quantitative estimate of drug-likeness (QED) is 0.413. The summed E-state index contributed by atoms with van der Waals surface area (Å²) in [6.07, 6.45) is 0.0523. The molecule has 0 bridgehead atoms. The Kier molecular flexibility index (Phi) is 10.0. The van der Waals surface area contributed by atoms with E-state index in [2.05, 4.69) is 15.4 Å². The second-order valence-electron chi connectivity index (χ2n) is 12.4. The average Bonchev–Trinajstić information content (AvgIpc) is 3.38. The Hall–Kier alpha value is -3.23. The van der Waals surface area contributed by atoms with Crippen LogP contribution < -0.4 is 20.9 Å². The van der Waals surface area contributed by atoms with Crippen LogP contribution in [0.1, 0.15) is 80.4 Å². The molecule has 2 amide bonds. The highest BCUT2D eigenvalue weighted by molar-refractivity contribution is 7.99. The highest BCUT2D eigenvalue weighted by Gasteiger charge is 2.36. The zero-order valence-corrected chi connectivity index (χ0v) is 26.2. The van der Waals surface area contributed by atoms with Crippen LogP contribution in [0.4, 0.5) is 18.0 Å². The van der Waals surface area contributed by atoms with Crippen LogP contribution in [0.25, 0.3) is 0 Å². The van der Waals surface area contributed by atoms with Crippen LogP contribution >= 0.6 is 11.8 Å². The number of nitrogens with zero attached hydrogens (tertiary/aromatic N) is 1. The van der Waals surface area contributed by atoms with Gasteiger partial charge >= 0.3 is 12.5 Å². The SMILES string of the molecule is CC(C)(C)OC(=O)N[C@H]1CSc2c(C(=O)NC3CCOC(C4CCCCO4)C3)cn(Cc3ccc(OC(F)(F)F)cc3)c(=O)c21. The first-order valence-electron chi connectivity index (χ1n) is 15.0. The predicted octanol–water partition coefficient (Wildman–Crippen LogP) is 5.31. The number of pyridine rings is 1. The van der Waals surface area contributed by atoms with E-state index in [0.717, 1.165) is 31.4 Å². The van der Waals surface area contributed by atoms with Crippen molar-refractivity contribution in [2.45, 2.75) is 101 Å². The fourth-order valence-corrected chi connectivity index (χ4v) is 7.03. The minimum Gasteiger partial charge on any atom is -0.444 e. The number of hydrogen-bond acceptors (Lipinski definition) is 8. The minimum absolute atomic E-state index is 0.00670. The van der Waals surface area contributed by atoms with Crippen molar-refractivity contribution in [2.75, 3.05) is 19.0 Å². The van der Waals surface area contributed by atoms with Crippen molar-refractivity contribution in [1.82, 2.24) is 15.2 Å². The Labute approximate surface area is 263 Å². The Balaban J connectivity index is 1.41. The molecule has 2 saturated heterocycles.